The van der Waals surface area contributed by atoms with Gasteiger partial charge in [-0.15, -0.1) is 0 Å². The Morgan fingerprint density at radius 2 is 0.470 bits per heavy atom. The van der Waals surface area contributed by atoms with E-state index in [0.717, 1.165) is 167 Å². The Kier molecular flexibility index (Phi) is 64.9. The molecule has 0 aliphatic rings. The van der Waals surface area contributed by atoms with Gasteiger partial charge < -0.3 is 14.2 Å². The minimum Gasteiger partial charge on any atom is -0.462 e. The van der Waals surface area contributed by atoms with E-state index in [0.29, 0.717) is 19.3 Å². The van der Waals surface area contributed by atoms with Crippen LogP contribution in [0.3, 0.4) is 0 Å². The highest BCUT2D eigenvalue weighted by atomic mass is 16.6. The zero-order valence-electron chi connectivity index (χ0n) is 53.4. The van der Waals surface area contributed by atoms with Gasteiger partial charge in [0.15, 0.2) is 6.10 Å². The van der Waals surface area contributed by atoms with E-state index in [1.807, 2.05) is 0 Å². The summed E-state index contributed by atoms with van der Waals surface area (Å²) in [6.07, 6.45) is 102. The molecule has 6 heteroatoms. The number of unbranched alkanes of at least 4 members (excludes halogenated alkanes) is 20. The number of carbonyl (C=O) groups excluding carboxylic acids is 3. The van der Waals surface area contributed by atoms with Crippen LogP contribution < -0.4 is 0 Å². The molecule has 0 aliphatic heterocycles. The van der Waals surface area contributed by atoms with Crippen LogP contribution in [0.2, 0.25) is 0 Å². The molecule has 6 nitrogen and oxygen atoms in total. The van der Waals surface area contributed by atoms with Gasteiger partial charge in [0.05, 0.1) is 0 Å². The summed E-state index contributed by atoms with van der Waals surface area (Å²) in [5, 5.41) is 0. The molecule has 0 aromatic heterocycles. The third-order valence-corrected chi connectivity index (χ3v) is 13.7. The van der Waals surface area contributed by atoms with Gasteiger partial charge in [0.1, 0.15) is 13.2 Å². The molecule has 0 N–H and O–H groups in total. The molecule has 0 aliphatic carbocycles. The van der Waals surface area contributed by atoms with Crippen molar-refractivity contribution >= 4 is 17.9 Å². The van der Waals surface area contributed by atoms with Gasteiger partial charge in [0, 0.05) is 19.3 Å². The lowest BCUT2D eigenvalue weighted by atomic mass is 10.1. The normalized spacial score (nSPS) is 13.2. The fourth-order valence-corrected chi connectivity index (χ4v) is 8.76. The highest BCUT2D eigenvalue weighted by Gasteiger charge is 2.19. The predicted molar refractivity (Wildman–Crippen MR) is 361 cm³/mol. The molecule has 1 unspecified atom stereocenters. The van der Waals surface area contributed by atoms with Crippen molar-refractivity contribution in [2.75, 3.05) is 13.2 Å². The molecule has 0 spiro atoms. The Hall–Kier alpha value is -5.23. The summed E-state index contributed by atoms with van der Waals surface area (Å²) in [5.41, 5.74) is 0. The summed E-state index contributed by atoms with van der Waals surface area (Å²) in [5.74, 6) is -0.924. The highest BCUT2D eigenvalue weighted by Crippen LogP contribution is 2.15. The summed E-state index contributed by atoms with van der Waals surface area (Å²) < 4.78 is 16.8. The number of rotatable bonds is 59. The average Bonchev–Trinajstić information content (AvgIpc) is 3.49. The summed E-state index contributed by atoms with van der Waals surface area (Å²) >= 11 is 0. The number of esters is 3. The van der Waals surface area contributed by atoms with Crippen LogP contribution in [0.5, 0.6) is 0 Å². The van der Waals surface area contributed by atoms with Gasteiger partial charge >= 0.3 is 17.9 Å². The fourth-order valence-electron chi connectivity index (χ4n) is 8.76. The Bertz CT molecular complexity index is 1890. The maximum Gasteiger partial charge on any atom is 0.306 e. The molecule has 0 heterocycles. The van der Waals surface area contributed by atoms with Crippen LogP contribution in [-0.4, -0.2) is 37.2 Å². The summed E-state index contributed by atoms with van der Waals surface area (Å²) in [7, 11) is 0. The maximum atomic E-state index is 12.9. The zero-order chi connectivity index (χ0) is 59.9. The van der Waals surface area contributed by atoms with Gasteiger partial charge in [-0.05, 0) is 135 Å². The van der Waals surface area contributed by atoms with Crippen molar-refractivity contribution in [2.24, 2.45) is 0 Å². The lowest BCUT2D eigenvalue weighted by Gasteiger charge is -2.18. The minimum atomic E-state index is -0.795. The molecule has 0 saturated heterocycles. The largest absolute Gasteiger partial charge is 0.462 e. The van der Waals surface area contributed by atoms with Crippen LogP contribution in [0.15, 0.2) is 170 Å². The second-order valence-corrected chi connectivity index (χ2v) is 21.6. The number of hydrogen-bond acceptors (Lipinski definition) is 6. The predicted octanol–water partition coefficient (Wildman–Crippen LogP) is 23.4. The molecule has 0 bridgehead atoms. The van der Waals surface area contributed by atoms with Crippen LogP contribution >= 0.6 is 0 Å². The highest BCUT2D eigenvalue weighted by molar-refractivity contribution is 5.71. The summed E-state index contributed by atoms with van der Waals surface area (Å²) in [6, 6.07) is 0. The molecule has 83 heavy (non-hydrogen) atoms. The van der Waals surface area contributed by atoms with Gasteiger partial charge in [-0.3, -0.25) is 14.4 Å². The van der Waals surface area contributed by atoms with E-state index in [4.69, 9.17) is 14.2 Å². The topological polar surface area (TPSA) is 78.9 Å². The molecule has 0 saturated carbocycles. The monoisotopic (exact) mass is 1140 g/mol. The van der Waals surface area contributed by atoms with Crippen molar-refractivity contribution in [1.82, 2.24) is 0 Å². The Labute approximate surface area is 511 Å². The lowest BCUT2D eigenvalue weighted by molar-refractivity contribution is -0.167. The second-order valence-electron chi connectivity index (χ2n) is 21.6. The van der Waals surface area contributed by atoms with Crippen LogP contribution in [0.4, 0.5) is 0 Å². The molecular weight excluding hydrogens is 1020 g/mol. The standard InChI is InChI=1S/C77H122O6/c1-4-7-10-13-16-18-20-22-24-26-28-30-32-33-34-35-36-37-38-39-40-41-42-43-45-46-48-50-52-54-56-58-61-64-67-70-76(79)82-73-74(72-81-75(78)69-66-63-60-15-12-9-6-3)83-77(80)71-68-65-62-59-57-55-53-51-49-47-44-31-29-27-25-23-21-19-17-14-11-8-5-2/h7-8,10-11,16-19,22-25,28-31,33-34,36-37,39-40,42-43,46-49,74H,4-6,9,12-15,20-21,26-27,32,35,38,41,44-45,50-73H2,1-3H3/b10-7-,11-8-,18-16-,19-17-,24-22-,25-23-,30-28-,31-29-,34-33-,37-36-,40-39-,43-42-,48-46-,49-47-. The van der Waals surface area contributed by atoms with Crippen molar-refractivity contribution in [1.29, 1.82) is 0 Å². The Balaban J connectivity index is 4.20. The van der Waals surface area contributed by atoms with Crippen LogP contribution in [-0.2, 0) is 28.6 Å². The first kappa shape index (κ1) is 77.8. The van der Waals surface area contributed by atoms with E-state index in [2.05, 4.69) is 191 Å². The molecule has 0 aromatic rings. The smallest absolute Gasteiger partial charge is 0.306 e. The van der Waals surface area contributed by atoms with Gasteiger partial charge in [0.2, 0.25) is 0 Å². The number of carbonyl (C=O) groups is 3. The molecule has 0 amide bonds. The minimum absolute atomic E-state index is 0.0913. The third kappa shape index (κ3) is 67.4. The van der Waals surface area contributed by atoms with Crippen molar-refractivity contribution in [3.05, 3.63) is 170 Å². The number of hydrogen-bond donors (Lipinski definition) is 0. The quantitative estimate of drug-likeness (QED) is 0.0261. The number of ether oxygens (including phenoxy) is 3. The molecule has 0 rings (SSSR count). The first-order valence-electron chi connectivity index (χ1n) is 33.6. The first-order valence-corrected chi connectivity index (χ1v) is 33.6. The SMILES string of the molecule is CC/C=C\C/C=C\C/C=C\C/C=C\C/C=C\C/C=C\C/C=C\C/C=C\C/C=C\CCCCCCCCCC(=O)OCC(COC(=O)CCCCCCCCC)OC(=O)CCCCCCCCC/C=C\C/C=C\C/C=C\C/C=C\C/C=C\CC. The van der Waals surface area contributed by atoms with Crippen LogP contribution in [0, 0.1) is 0 Å². The Morgan fingerprint density at radius 1 is 0.253 bits per heavy atom. The molecule has 0 radical (unpaired) electrons. The van der Waals surface area contributed by atoms with Gasteiger partial charge in [-0.25, -0.2) is 0 Å². The molecule has 0 aromatic carbocycles. The molecule has 1 atom stereocenters. The van der Waals surface area contributed by atoms with Crippen LogP contribution in [0.25, 0.3) is 0 Å². The van der Waals surface area contributed by atoms with Gasteiger partial charge in [-0.2, -0.15) is 0 Å². The van der Waals surface area contributed by atoms with Crippen molar-refractivity contribution in [3.8, 4) is 0 Å². The molecule has 0 fully saturated rings. The maximum absolute atomic E-state index is 12.9. The summed E-state index contributed by atoms with van der Waals surface area (Å²) in [6.45, 7) is 6.35. The van der Waals surface area contributed by atoms with Crippen molar-refractivity contribution in [2.45, 2.75) is 284 Å². The third-order valence-electron chi connectivity index (χ3n) is 13.7. The van der Waals surface area contributed by atoms with E-state index in [9.17, 15) is 14.4 Å². The van der Waals surface area contributed by atoms with Crippen molar-refractivity contribution in [3.63, 3.8) is 0 Å². The lowest BCUT2D eigenvalue weighted by Crippen LogP contribution is -2.30. The molecule has 466 valence electrons. The van der Waals surface area contributed by atoms with Gasteiger partial charge in [-0.1, -0.05) is 294 Å². The van der Waals surface area contributed by atoms with Crippen LogP contribution in [0.1, 0.15) is 278 Å². The van der Waals surface area contributed by atoms with Gasteiger partial charge in [0.25, 0.3) is 0 Å². The average molecular weight is 1140 g/mol. The summed E-state index contributed by atoms with van der Waals surface area (Å²) in [4.78, 5) is 38.1. The zero-order valence-corrected chi connectivity index (χ0v) is 53.4. The van der Waals surface area contributed by atoms with E-state index < -0.39 is 6.10 Å². The number of allylic oxidation sites excluding steroid dienone is 28. The fraction of sp³-hybridized carbons (Fsp3) is 0.597. The van der Waals surface area contributed by atoms with E-state index >= 15 is 0 Å². The van der Waals surface area contributed by atoms with Crippen molar-refractivity contribution < 1.29 is 28.6 Å². The van der Waals surface area contributed by atoms with E-state index in [-0.39, 0.29) is 31.1 Å². The first-order chi connectivity index (χ1) is 41.0. The van der Waals surface area contributed by atoms with E-state index in [1.54, 1.807) is 0 Å². The van der Waals surface area contributed by atoms with E-state index in [1.165, 1.54) is 70.6 Å². The molecular formula is C77H122O6. The second kappa shape index (κ2) is 69.3. The Morgan fingerprint density at radius 3 is 0.735 bits per heavy atom.